The molecule has 0 saturated carbocycles. The Morgan fingerprint density at radius 3 is 2.96 bits per heavy atom. The minimum absolute atomic E-state index is 0.216. The average molecular weight is 314 g/mol. The molecule has 23 heavy (non-hydrogen) atoms. The van der Waals surface area contributed by atoms with E-state index < -0.39 is 0 Å². The summed E-state index contributed by atoms with van der Waals surface area (Å²) in [5, 5.41) is 0. The van der Waals surface area contributed by atoms with Crippen molar-refractivity contribution in [2.45, 2.75) is 38.3 Å². The van der Waals surface area contributed by atoms with Gasteiger partial charge < -0.3 is 9.47 Å². The highest BCUT2D eigenvalue weighted by Gasteiger charge is 2.48. The molecule has 0 unspecified atom stereocenters. The molecule has 0 radical (unpaired) electrons. The van der Waals surface area contributed by atoms with Crippen LogP contribution >= 0.6 is 0 Å². The van der Waals surface area contributed by atoms with E-state index >= 15 is 0 Å². The standard InChI is InChI=1S/C19H26N2O2/c1-7-19(17-4-11-22-12-5-17)15-23-13-6-18(19)21(10-1)14-16-2-8-20-9-3-16/h2-4,8-9,18H,1,5-7,10-15H2/t18-,19-/m0/s1. The first-order valence-corrected chi connectivity index (χ1v) is 8.86. The Labute approximate surface area is 138 Å². The highest BCUT2D eigenvalue weighted by molar-refractivity contribution is 5.23. The van der Waals surface area contributed by atoms with Crippen LogP contribution in [-0.4, -0.2) is 48.9 Å². The zero-order chi connectivity index (χ0) is 15.5. The third-order valence-electron chi connectivity index (χ3n) is 5.78. The number of aromatic nitrogens is 1. The highest BCUT2D eigenvalue weighted by atomic mass is 16.5. The number of hydrogen-bond acceptors (Lipinski definition) is 4. The van der Waals surface area contributed by atoms with Gasteiger partial charge in [-0.3, -0.25) is 9.88 Å². The molecular formula is C19H26N2O2. The van der Waals surface area contributed by atoms with Crippen molar-refractivity contribution in [1.29, 1.82) is 0 Å². The second kappa shape index (κ2) is 6.71. The van der Waals surface area contributed by atoms with Crippen LogP contribution in [0.3, 0.4) is 0 Å². The lowest BCUT2D eigenvalue weighted by atomic mass is 9.65. The number of nitrogens with zero attached hydrogens (tertiary/aromatic N) is 2. The summed E-state index contributed by atoms with van der Waals surface area (Å²) in [6.45, 7) is 5.63. The summed E-state index contributed by atoms with van der Waals surface area (Å²) in [5.41, 5.74) is 3.17. The second-order valence-electron chi connectivity index (χ2n) is 7.00. The van der Waals surface area contributed by atoms with Gasteiger partial charge in [0.25, 0.3) is 0 Å². The van der Waals surface area contributed by atoms with Gasteiger partial charge in [-0.2, -0.15) is 0 Å². The molecule has 1 aromatic heterocycles. The van der Waals surface area contributed by atoms with Gasteiger partial charge in [-0.25, -0.2) is 0 Å². The van der Waals surface area contributed by atoms with Crippen LogP contribution in [-0.2, 0) is 16.0 Å². The SMILES string of the molecule is C1=C([C@@]23CCCN(Cc4ccncc4)[C@H]2CCOC3)CCOC1. The first-order valence-electron chi connectivity index (χ1n) is 8.86. The Kier molecular flexibility index (Phi) is 4.47. The van der Waals surface area contributed by atoms with Crippen molar-refractivity contribution in [3.05, 3.63) is 41.7 Å². The van der Waals surface area contributed by atoms with E-state index in [1.807, 2.05) is 12.4 Å². The monoisotopic (exact) mass is 314 g/mol. The summed E-state index contributed by atoms with van der Waals surface area (Å²) in [6, 6.07) is 4.88. The van der Waals surface area contributed by atoms with E-state index in [4.69, 9.17) is 9.47 Å². The van der Waals surface area contributed by atoms with Crippen LogP contribution in [0.25, 0.3) is 0 Å². The van der Waals surface area contributed by atoms with Crippen LogP contribution in [0.1, 0.15) is 31.2 Å². The molecule has 0 aliphatic carbocycles. The number of ether oxygens (including phenoxy) is 2. The van der Waals surface area contributed by atoms with Crippen molar-refractivity contribution >= 4 is 0 Å². The maximum Gasteiger partial charge on any atom is 0.0650 e. The molecule has 0 amide bonds. The number of rotatable bonds is 3. The van der Waals surface area contributed by atoms with Gasteiger partial charge in [0.05, 0.1) is 19.8 Å². The number of likely N-dealkylation sites (tertiary alicyclic amines) is 1. The van der Waals surface area contributed by atoms with Crippen molar-refractivity contribution in [2.75, 3.05) is 33.0 Å². The summed E-state index contributed by atoms with van der Waals surface area (Å²) in [6.07, 6.45) is 10.9. The van der Waals surface area contributed by atoms with Gasteiger partial charge >= 0.3 is 0 Å². The van der Waals surface area contributed by atoms with Crippen LogP contribution in [0.15, 0.2) is 36.2 Å². The molecule has 124 valence electrons. The zero-order valence-corrected chi connectivity index (χ0v) is 13.7. The molecule has 0 aromatic carbocycles. The molecule has 1 aromatic rings. The molecule has 0 bridgehead atoms. The molecular weight excluding hydrogens is 288 g/mol. The Balaban J connectivity index is 1.61. The van der Waals surface area contributed by atoms with E-state index in [0.29, 0.717) is 6.04 Å². The van der Waals surface area contributed by atoms with Gasteiger partial charge in [0, 0.05) is 37.0 Å². The fourth-order valence-electron chi connectivity index (χ4n) is 4.70. The van der Waals surface area contributed by atoms with E-state index in [1.165, 1.54) is 24.9 Å². The van der Waals surface area contributed by atoms with Crippen molar-refractivity contribution in [1.82, 2.24) is 9.88 Å². The van der Waals surface area contributed by atoms with E-state index in [9.17, 15) is 0 Å². The van der Waals surface area contributed by atoms with Gasteiger partial charge in [-0.15, -0.1) is 0 Å². The molecule has 2 saturated heterocycles. The van der Waals surface area contributed by atoms with Crippen LogP contribution in [0.4, 0.5) is 0 Å². The van der Waals surface area contributed by atoms with Crippen molar-refractivity contribution < 1.29 is 9.47 Å². The van der Waals surface area contributed by atoms with E-state index in [1.54, 1.807) is 5.57 Å². The van der Waals surface area contributed by atoms with Crippen molar-refractivity contribution in [3.8, 4) is 0 Å². The van der Waals surface area contributed by atoms with Crippen LogP contribution in [0.2, 0.25) is 0 Å². The summed E-state index contributed by atoms with van der Waals surface area (Å²) in [7, 11) is 0. The first kappa shape index (κ1) is 15.3. The fourth-order valence-corrected chi connectivity index (χ4v) is 4.70. The Hall–Kier alpha value is -1.23. The van der Waals surface area contributed by atoms with E-state index in [-0.39, 0.29) is 5.41 Å². The number of piperidine rings is 1. The van der Waals surface area contributed by atoms with Gasteiger partial charge in [-0.05, 0) is 49.9 Å². The highest BCUT2D eigenvalue weighted by Crippen LogP contribution is 2.48. The van der Waals surface area contributed by atoms with E-state index in [0.717, 1.165) is 45.8 Å². The lowest BCUT2D eigenvalue weighted by molar-refractivity contribution is -0.0874. The van der Waals surface area contributed by atoms with Gasteiger partial charge in [-0.1, -0.05) is 11.6 Å². The van der Waals surface area contributed by atoms with Crippen LogP contribution in [0.5, 0.6) is 0 Å². The molecule has 3 aliphatic rings. The first-order chi connectivity index (χ1) is 11.4. The van der Waals surface area contributed by atoms with Gasteiger partial charge in [0.2, 0.25) is 0 Å². The number of pyridine rings is 1. The second-order valence-corrected chi connectivity index (χ2v) is 7.00. The quantitative estimate of drug-likeness (QED) is 0.804. The fraction of sp³-hybridized carbons (Fsp3) is 0.632. The molecule has 0 spiro atoms. The van der Waals surface area contributed by atoms with Crippen molar-refractivity contribution in [2.24, 2.45) is 5.41 Å². The van der Waals surface area contributed by atoms with Crippen LogP contribution in [0, 0.1) is 5.41 Å². The molecule has 2 fully saturated rings. The minimum atomic E-state index is 0.216. The molecule has 4 heteroatoms. The maximum absolute atomic E-state index is 5.98. The summed E-state index contributed by atoms with van der Waals surface area (Å²) in [5.74, 6) is 0. The molecule has 4 rings (SSSR count). The predicted molar refractivity (Wildman–Crippen MR) is 89.1 cm³/mol. The van der Waals surface area contributed by atoms with Crippen molar-refractivity contribution in [3.63, 3.8) is 0 Å². The minimum Gasteiger partial charge on any atom is -0.380 e. The molecule has 4 heterocycles. The Morgan fingerprint density at radius 1 is 1.22 bits per heavy atom. The van der Waals surface area contributed by atoms with Crippen LogP contribution < -0.4 is 0 Å². The van der Waals surface area contributed by atoms with E-state index in [2.05, 4.69) is 28.1 Å². The Morgan fingerprint density at radius 2 is 2.13 bits per heavy atom. The summed E-state index contributed by atoms with van der Waals surface area (Å²) >= 11 is 0. The topological polar surface area (TPSA) is 34.6 Å². The lowest BCUT2D eigenvalue weighted by Gasteiger charge is -2.54. The molecule has 3 aliphatic heterocycles. The largest absolute Gasteiger partial charge is 0.380 e. The third kappa shape index (κ3) is 2.95. The average Bonchev–Trinajstić information content (AvgIpc) is 2.64. The normalized spacial score (nSPS) is 32.2. The Bertz CT molecular complexity index is 556. The smallest absolute Gasteiger partial charge is 0.0650 e. The van der Waals surface area contributed by atoms with Gasteiger partial charge in [0.15, 0.2) is 0 Å². The zero-order valence-electron chi connectivity index (χ0n) is 13.7. The molecule has 4 nitrogen and oxygen atoms in total. The maximum atomic E-state index is 5.98. The predicted octanol–water partition coefficient (Wildman–Crippen LogP) is 2.80. The molecule has 2 atom stereocenters. The van der Waals surface area contributed by atoms with Gasteiger partial charge in [0.1, 0.15) is 0 Å². The third-order valence-corrected chi connectivity index (χ3v) is 5.78. The lowest BCUT2D eigenvalue weighted by Crippen LogP contribution is -2.57. The summed E-state index contributed by atoms with van der Waals surface area (Å²) < 4.78 is 11.5. The summed E-state index contributed by atoms with van der Waals surface area (Å²) in [4.78, 5) is 6.84. The number of hydrogen-bond donors (Lipinski definition) is 0. The number of fused-ring (bicyclic) bond motifs is 1. The molecule has 0 N–H and O–H groups in total.